The van der Waals surface area contributed by atoms with E-state index < -0.39 is 17.8 Å². The second kappa shape index (κ2) is 11.2. The third kappa shape index (κ3) is 5.63. The van der Waals surface area contributed by atoms with Crippen molar-refractivity contribution in [1.29, 1.82) is 0 Å². The maximum atomic E-state index is 12.8. The normalized spacial score (nSPS) is 17.0. The number of amides is 2. The first-order chi connectivity index (χ1) is 17.4. The highest BCUT2D eigenvalue weighted by molar-refractivity contribution is 9.10. The molecule has 8 nitrogen and oxygen atoms in total. The molecule has 1 aliphatic heterocycles. The minimum atomic E-state index is -0.880. The molecule has 0 spiro atoms. The van der Waals surface area contributed by atoms with Crippen LogP contribution in [0.25, 0.3) is 0 Å². The molecule has 3 aromatic carbocycles. The summed E-state index contributed by atoms with van der Waals surface area (Å²) in [6.45, 7) is 2.32. The number of hydrazone groups is 1. The summed E-state index contributed by atoms with van der Waals surface area (Å²) in [5, 5.41) is 6.77. The smallest absolute Gasteiger partial charge is 0.343 e. The van der Waals surface area contributed by atoms with Gasteiger partial charge < -0.3 is 14.8 Å². The van der Waals surface area contributed by atoms with Crippen molar-refractivity contribution in [3.05, 3.63) is 93.5 Å². The molecule has 0 unspecified atom stereocenters. The largest absolute Gasteiger partial charge is 0.493 e. The molecular weight excluding hydrogens is 526 g/mol. The molecule has 9 heteroatoms. The van der Waals surface area contributed by atoms with E-state index in [4.69, 9.17) is 9.47 Å². The van der Waals surface area contributed by atoms with Crippen molar-refractivity contribution in [1.82, 2.24) is 10.7 Å². The minimum Gasteiger partial charge on any atom is -0.493 e. The lowest BCUT2D eigenvalue weighted by atomic mass is 9.88. The fourth-order valence-electron chi connectivity index (χ4n) is 3.93. The van der Waals surface area contributed by atoms with Crippen LogP contribution in [0.15, 0.2) is 76.3 Å². The van der Waals surface area contributed by atoms with Crippen LogP contribution in [0, 0.1) is 12.8 Å². The predicted molar refractivity (Wildman–Crippen MR) is 138 cm³/mol. The first-order valence-electron chi connectivity index (χ1n) is 11.2. The highest BCUT2D eigenvalue weighted by atomic mass is 79.9. The van der Waals surface area contributed by atoms with E-state index in [0.717, 1.165) is 11.1 Å². The molecule has 3 aromatic rings. The van der Waals surface area contributed by atoms with Gasteiger partial charge in [0.1, 0.15) is 5.92 Å². The Morgan fingerprint density at radius 2 is 1.83 bits per heavy atom. The highest BCUT2D eigenvalue weighted by Crippen LogP contribution is 2.37. The number of benzene rings is 3. The standard InChI is InChI=1S/C27H24BrN3O5/c1-16-8-10-19(11-9-16)27(34)36-24-21(28)12-17(13-22(24)35-2)14-30-31-26(33)23-20(15-29-25(23)32)18-6-4-3-5-7-18/h3-14,20,23H,15H2,1-2H3,(H,29,32)(H,31,33)/t20-,23+/m1/s1. The van der Waals surface area contributed by atoms with Crippen LogP contribution in [0.3, 0.4) is 0 Å². The van der Waals surface area contributed by atoms with Crippen molar-refractivity contribution in [2.75, 3.05) is 13.7 Å². The van der Waals surface area contributed by atoms with Crippen LogP contribution in [-0.2, 0) is 9.59 Å². The second-order valence-electron chi connectivity index (χ2n) is 8.26. The van der Waals surface area contributed by atoms with E-state index in [2.05, 4.69) is 31.8 Å². The Hall–Kier alpha value is -3.98. The zero-order chi connectivity index (χ0) is 25.7. The van der Waals surface area contributed by atoms with Gasteiger partial charge in [-0.15, -0.1) is 0 Å². The maximum absolute atomic E-state index is 12.8. The summed E-state index contributed by atoms with van der Waals surface area (Å²) in [4.78, 5) is 37.6. The molecular formula is C27H24BrN3O5. The second-order valence-corrected chi connectivity index (χ2v) is 9.12. The first-order valence-corrected chi connectivity index (χ1v) is 12.0. The molecule has 184 valence electrons. The number of nitrogens with one attached hydrogen (secondary N) is 2. The molecule has 0 saturated carbocycles. The van der Waals surface area contributed by atoms with Gasteiger partial charge in [-0.1, -0.05) is 48.0 Å². The van der Waals surface area contributed by atoms with Gasteiger partial charge in [-0.3, -0.25) is 9.59 Å². The monoisotopic (exact) mass is 549 g/mol. The van der Waals surface area contributed by atoms with Crippen molar-refractivity contribution in [2.45, 2.75) is 12.8 Å². The van der Waals surface area contributed by atoms with Crippen molar-refractivity contribution in [2.24, 2.45) is 11.0 Å². The van der Waals surface area contributed by atoms with Crippen molar-refractivity contribution in [3.63, 3.8) is 0 Å². The lowest BCUT2D eigenvalue weighted by Crippen LogP contribution is -2.34. The maximum Gasteiger partial charge on any atom is 0.343 e. The zero-order valence-electron chi connectivity index (χ0n) is 19.7. The average Bonchev–Trinajstić information content (AvgIpc) is 3.27. The number of nitrogens with zero attached hydrogens (tertiary/aromatic N) is 1. The van der Waals surface area contributed by atoms with Crippen LogP contribution in [0.2, 0.25) is 0 Å². The Bertz CT molecular complexity index is 1310. The van der Waals surface area contributed by atoms with E-state index >= 15 is 0 Å². The fraction of sp³-hybridized carbons (Fsp3) is 0.185. The van der Waals surface area contributed by atoms with Crippen molar-refractivity contribution >= 4 is 39.9 Å². The van der Waals surface area contributed by atoms with Crippen LogP contribution in [0.5, 0.6) is 11.5 Å². The number of esters is 1. The van der Waals surface area contributed by atoms with Crippen LogP contribution in [0.1, 0.15) is 33.0 Å². The Morgan fingerprint density at radius 3 is 2.53 bits per heavy atom. The number of aryl methyl sites for hydroxylation is 1. The summed E-state index contributed by atoms with van der Waals surface area (Å²) in [6, 6.07) is 19.7. The predicted octanol–water partition coefficient (Wildman–Crippen LogP) is 3.97. The molecule has 1 fully saturated rings. The highest BCUT2D eigenvalue weighted by Gasteiger charge is 2.40. The molecule has 0 aromatic heterocycles. The number of hydrogen-bond donors (Lipinski definition) is 2. The van der Waals surface area contributed by atoms with E-state index in [0.29, 0.717) is 27.9 Å². The van der Waals surface area contributed by atoms with Gasteiger partial charge in [0.15, 0.2) is 11.5 Å². The summed E-state index contributed by atoms with van der Waals surface area (Å²) in [5.74, 6) is -1.98. The van der Waals surface area contributed by atoms with Gasteiger partial charge in [0, 0.05) is 12.5 Å². The molecule has 2 atom stereocenters. The lowest BCUT2D eigenvalue weighted by Gasteiger charge is -2.15. The van der Waals surface area contributed by atoms with Gasteiger partial charge in [-0.2, -0.15) is 5.10 Å². The fourth-order valence-corrected chi connectivity index (χ4v) is 4.47. The van der Waals surface area contributed by atoms with Crippen molar-refractivity contribution in [3.8, 4) is 11.5 Å². The van der Waals surface area contributed by atoms with E-state index in [-0.39, 0.29) is 17.6 Å². The van der Waals surface area contributed by atoms with Crippen LogP contribution in [0.4, 0.5) is 0 Å². The lowest BCUT2D eigenvalue weighted by molar-refractivity contribution is -0.133. The van der Waals surface area contributed by atoms with Gasteiger partial charge in [0.2, 0.25) is 5.91 Å². The van der Waals surface area contributed by atoms with Crippen LogP contribution < -0.4 is 20.2 Å². The van der Waals surface area contributed by atoms with E-state index in [1.165, 1.54) is 13.3 Å². The van der Waals surface area contributed by atoms with Gasteiger partial charge in [0.25, 0.3) is 5.91 Å². The van der Waals surface area contributed by atoms with E-state index in [9.17, 15) is 14.4 Å². The Balaban J connectivity index is 1.46. The number of methoxy groups -OCH3 is 1. The van der Waals surface area contributed by atoms with Gasteiger partial charge >= 0.3 is 5.97 Å². The molecule has 1 aliphatic rings. The number of carbonyl (C=O) groups excluding carboxylic acids is 3. The number of hydrogen-bond acceptors (Lipinski definition) is 6. The van der Waals surface area contributed by atoms with Gasteiger partial charge in [0.05, 0.1) is 23.4 Å². The molecule has 0 bridgehead atoms. The SMILES string of the molecule is COc1cc(C=NNC(=O)[C@@H]2C(=O)NC[C@@H]2c2ccccc2)cc(Br)c1OC(=O)c1ccc(C)cc1. The van der Waals surface area contributed by atoms with E-state index in [1.807, 2.05) is 49.4 Å². The Morgan fingerprint density at radius 1 is 1.11 bits per heavy atom. The molecule has 0 radical (unpaired) electrons. The van der Waals surface area contributed by atoms with Crippen LogP contribution in [-0.4, -0.2) is 37.7 Å². The molecule has 2 N–H and O–H groups in total. The van der Waals surface area contributed by atoms with Gasteiger partial charge in [-0.05, 0) is 58.2 Å². The number of halogens is 1. The molecule has 0 aliphatic carbocycles. The number of rotatable bonds is 7. The Labute approximate surface area is 216 Å². The molecule has 1 saturated heterocycles. The molecule has 2 amide bonds. The summed E-state index contributed by atoms with van der Waals surface area (Å²) in [5.41, 5.74) is 5.38. The van der Waals surface area contributed by atoms with Crippen molar-refractivity contribution < 1.29 is 23.9 Å². The quantitative estimate of drug-likeness (QED) is 0.152. The molecule has 36 heavy (non-hydrogen) atoms. The number of carbonyl (C=O) groups is 3. The minimum absolute atomic E-state index is 0.220. The third-order valence-corrected chi connectivity index (χ3v) is 6.40. The van der Waals surface area contributed by atoms with Gasteiger partial charge in [-0.25, -0.2) is 10.2 Å². The Kier molecular flexibility index (Phi) is 7.80. The average molecular weight is 550 g/mol. The topological polar surface area (TPSA) is 106 Å². The molecule has 4 rings (SSSR count). The first kappa shape index (κ1) is 25.1. The number of ether oxygens (including phenoxy) is 2. The zero-order valence-corrected chi connectivity index (χ0v) is 21.2. The third-order valence-electron chi connectivity index (χ3n) is 5.81. The van der Waals surface area contributed by atoms with Crippen LogP contribution >= 0.6 is 15.9 Å². The molecule has 1 heterocycles. The van der Waals surface area contributed by atoms with E-state index in [1.54, 1.807) is 24.3 Å². The summed E-state index contributed by atoms with van der Waals surface area (Å²) < 4.78 is 11.4. The summed E-state index contributed by atoms with van der Waals surface area (Å²) in [6.07, 6.45) is 1.42. The summed E-state index contributed by atoms with van der Waals surface area (Å²) in [7, 11) is 1.45. The summed E-state index contributed by atoms with van der Waals surface area (Å²) >= 11 is 3.41.